The first kappa shape index (κ1) is 17.4. The molecule has 2 amide bonds. The molecule has 0 atom stereocenters. The summed E-state index contributed by atoms with van der Waals surface area (Å²) in [7, 11) is 1.88. The summed E-state index contributed by atoms with van der Waals surface area (Å²) >= 11 is 2.89. The summed E-state index contributed by atoms with van der Waals surface area (Å²) in [6.45, 7) is 1.79. The van der Waals surface area contributed by atoms with Crippen molar-refractivity contribution < 1.29 is 9.59 Å². The SMILES string of the molecule is Cc1nc(-c2ccsc2)sc1C(=O)NNC(=O)c1cn(C)c2ccccc12. The molecule has 1 aromatic carbocycles. The van der Waals surface area contributed by atoms with E-state index in [1.165, 1.54) is 11.3 Å². The number of nitrogens with zero attached hydrogens (tertiary/aromatic N) is 2. The number of carbonyl (C=O) groups is 2. The van der Waals surface area contributed by atoms with Gasteiger partial charge in [0.15, 0.2) is 0 Å². The van der Waals surface area contributed by atoms with Crippen LogP contribution in [0.4, 0.5) is 0 Å². The number of aryl methyl sites for hydroxylation is 2. The first-order valence-electron chi connectivity index (χ1n) is 8.19. The van der Waals surface area contributed by atoms with Crippen molar-refractivity contribution in [3.63, 3.8) is 0 Å². The molecular weight excluding hydrogens is 380 g/mol. The van der Waals surface area contributed by atoms with Crippen LogP contribution in [0.5, 0.6) is 0 Å². The van der Waals surface area contributed by atoms with Crippen LogP contribution in [-0.2, 0) is 7.05 Å². The van der Waals surface area contributed by atoms with Crippen molar-refractivity contribution in [3.05, 3.63) is 63.4 Å². The number of thiophene rings is 1. The van der Waals surface area contributed by atoms with Gasteiger partial charge in [-0.3, -0.25) is 20.4 Å². The maximum Gasteiger partial charge on any atom is 0.281 e. The number of hydrogen-bond acceptors (Lipinski definition) is 5. The van der Waals surface area contributed by atoms with Crippen LogP contribution < -0.4 is 10.9 Å². The number of hydrazine groups is 1. The molecule has 136 valence electrons. The smallest absolute Gasteiger partial charge is 0.281 e. The number of fused-ring (bicyclic) bond motifs is 1. The molecule has 0 radical (unpaired) electrons. The van der Waals surface area contributed by atoms with Crippen LogP contribution in [0.3, 0.4) is 0 Å². The van der Waals surface area contributed by atoms with E-state index in [1.807, 2.05) is 52.7 Å². The highest BCUT2D eigenvalue weighted by molar-refractivity contribution is 7.17. The lowest BCUT2D eigenvalue weighted by Gasteiger charge is -2.05. The van der Waals surface area contributed by atoms with Gasteiger partial charge in [-0.1, -0.05) is 18.2 Å². The number of aromatic nitrogens is 2. The lowest BCUT2D eigenvalue weighted by atomic mass is 10.2. The standard InChI is InChI=1S/C19H16N4O2S2/c1-11-16(27-19(20-11)12-7-8-26-10-12)18(25)22-21-17(24)14-9-23(2)15-6-4-3-5-13(14)15/h3-10H,1-2H3,(H,21,24)(H,22,25). The van der Waals surface area contributed by atoms with Crippen LogP contribution in [0.1, 0.15) is 25.7 Å². The third-order valence-electron chi connectivity index (χ3n) is 4.20. The largest absolute Gasteiger partial charge is 0.350 e. The van der Waals surface area contributed by atoms with Crippen LogP contribution in [0.2, 0.25) is 0 Å². The van der Waals surface area contributed by atoms with Gasteiger partial charge in [0.2, 0.25) is 0 Å². The highest BCUT2D eigenvalue weighted by atomic mass is 32.1. The van der Waals surface area contributed by atoms with Gasteiger partial charge in [-0.15, -0.1) is 11.3 Å². The van der Waals surface area contributed by atoms with E-state index in [0.29, 0.717) is 16.1 Å². The lowest BCUT2D eigenvalue weighted by molar-refractivity contribution is 0.0849. The number of rotatable bonds is 3. The van der Waals surface area contributed by atoms with E-state index < -0.39 is 0 Å². The van der Waals surface area contributed by atoms with Gasteiger partial charge in [0.1, 0.15) is 9.88 Å². The average molecular weight is 396 g/mol. The molecule has 6 nitrogen and oxygen atoms in total. The maximum absolute atomic E-state index is 12.5. The Kier molecular flexibility index (Phi) is 4.51. The highest BCUT2D eigenvalue weighted by Crippen LogP contribution is 2.29. The first-order chi connectivity index (χ1) is 13.0. The van der Waals surface area contributed by atoms with Crippen molar-refractivity contribution in [3.8, 4) is 10.6 Å². The second kappa shape index (κ2) is 6.98. The Hall–Kier alpha value is -2.97. The highest BCUT2D eigenvalue weighted by Gasteiger charge is 2.18. The molecule has 2 N–H and O–H groups in total. The van der Waals surface area contributed by atoms with Gasteiger partial charge >= 0.3 is 0 Å². The molecule has 3 heterocycles. The van der Waals surface area contributed by atoms with Gasteiger partial charge in [0, 0.05) is 35.1 Å². The Morgan fingerprint density at radius 1 is 1.11 bits per heavy atom. The summed E-state index contributed by atoms with van der Waals surface area (Å²) in [5, 5.41) is 5.58. The second-order valence-electron chi connectivity index (χ2n) is 6.02. The van der Waals surface area contributed by atoms with E-state index in [-0.39, 0.29) is 11.8 Å². The van der Waals surface area contributed by atoms with Gasteiger partial charge in [0.25, 0.3) is 11.8 Å². The molecule has 0 saturated heterocycles. The molecule has 8 heteroatoms. The van der Waals surface area contributed by atoms with Crippen molar-refractivity contribution in [1.29, 1.82) is 0 Å². The van der Waals surface area contributed by atoms with Crippen molar-refractivity contribution >= 4 is 45.4 Å². The second-order valence-corrected chi connectivity index (χ2v) is 7.80. The Bertz CT molecular complexity index is 1140. The summed E-state index contributed by atoms with van der Waals surface area (Å²) in [4.78, 5) is 30.0. The fraction of sp³-hybridized carbons (Fsp3) is 0.105. The molecule has 27 heavy (non-hydrogen) atoms. The number of thiazole rings is 1. The molecule has 0 aliphatic carbocycles. The maximum atomic E-state index is 12.5. The van der Waals surface area contributed by atoms with Crippen molar-refractivity contribution in [2.24, 2.45) is 7.05 Å². The summed E-state index contributed by atoms with van der Waals surface area (Å²) < 4.78 is 1.88. The number of para-hydroxylation sites is 1. The van der Waals surface area contributed by atoms with Crippen LogP contribution in [0, 0.1) is 6.92 Å². The summed E-state index contributed by atoms with van der Waals surface area (Å²) in [6, 6.07) is 9.59. The molecule has 0 unspecified atom stereocenters. The van der Waals surface area contributed by atoms with E-state index >= 15 is 0 Å². The van der Waals surface area contributed by atoms with E-state index in [0.717, 1.165) is 21.5 Å². The Morgan fingerprint density at radius 2 is 1.89 bits per heavy atom. The van der Waals surface area contributed by atoms with E-state index in [2.05, 4.69) is 15.8 Å². The molecule has 0 aliphatic rings. The average Bonchev–Trinajstić information content (AvgIpc) is 3.39. The third-order valence-corrected chi connectivity index (χ3v) is 6.09. The number of nitrogens with one attached hydrogen (secondary N) is 2. The third kappa shape index (κ3) is 3.24. The molecule has 0 aliphatic heterocycles. The van der Waals surface area contributed by atoms with E-state index in [9.17, 15) is 9.59 Å². The Morgan fingerprint density at radius 3 is 2.67 bits per heavy atom. The predicted octanol–water partition coefficient (Wildman–Crippen LogP) is 3.75. The molecule has 4 aromatic rings. The predicted molar refractivity (Wildman–Crippen MR) is 108 cm³/mol. The van der Waals surface area contributed by atoms with E-state index in [4.69, 9.17) is 0 Å². The van der Waals surface area contributed by atoms with Crippen molar-refractivity contribution in [1.82, 2.24) is 20.4 Å². The number of benzene rings is 1. The zero-order valence-electron chi connectivity index (χ0n) is 14.6. The quantitative estimate of drug-likeness (QED) is 0.518. The molecular formula is C19H16N4O2S2. The minimum atomic E-state index is -0.375. The van der Waals surface area contributed by atoms with Crippen molar-refractivity contribution in [2.45, 2.75) is 6.92 Å². The molecule has 3 aromatic heterocycles. The normalized spacial score (nSPS) is 10.9. The Labute approximate surface area is 163 Å². The van der Waals surface area contributed by atoms with Gasteiger partial charge in [-0.05, 0) is 24.4 Å². The monoisotopic (exact) mass is 396 g/mol. The summed E-state index contributed by atoms with van der Waals surface area (Å²) in [6.07, 6.45) is 1.75. The molecule has 4 rings (SSSR count). The summed E-state index contributed by atoms with van der Waals surface area (Å²) in [5.74, 6) is -0.736. The van der Waals surface area contributed by atoms with Gasteiger partial charge in [-0.2, -0.15) is 11.3 Å². The van der Waals surface area contributed by atoms with Gasteiger partial charge in [-0.25, -0.2) is 4.98 Å². The molecule has 0 bridgehead atoms. The zero-order chi connectivity index (χ0) is 19.0. The summed E-state index contributed by atoms with van der Waals surface area (Å²) in [5.41, 5.74) is 8.09. The Balaban J connectivity index is 1.50. The van der Waals surface area contributed by atoms with E-state index in [1.54, 1.807) is 24.5 Å². The minimum absolute atomic E-state index is 0.361. The van der Waals surface area contributed by atoms with Crippen LogP contribution >= 0.6 is 22.7 Å². The number of hydrogen-bond donors (Lipinski definition) is 2. The number of amides is 2. The minimum Gasteiger partial charge on any atom is -0.350 e. The molecule has 0 fully saturated rings. The fourth-order valence-corrected chi connectivity index (χ4v) is 4.55. The topological polar surface area (TPSA) is 76.0 Å². The lowest BCUT2D eigenvalue weighted by Crippen LogP contribution is -2.41. The van der Waals surface area contributed by atoms with Crippen LogP contribution in [-0.4, -0.2) is 21.4 Å². The fourth-order valence-electron chi connectivity index (χ4n) is 2.88. The molecule has 0 spiro atoms. The molecule has 0 saturated carbocycles. The van der Waals surface area contributed by atoms with Crippen LogP contribution in [0.25, 0.3) is 21.5 Å². The number of carbonyl (C=O) groups excluding carboxylic acids is 2. The van der Waals surface area contributed by atoms with Crippen LogP contribution in [0.15, 0.2) is 47.3 Å². The zero-order valence-corrected chi connectivity index (χ0v) is 16.3. The first-order valence-corrected chi connectivity index (χ1v) is 9.95. The van der Waals surface area contributed by atoms with Gasteiger partial charge in [0.05, 0.1) is 11.3 Å². The van der Waals surface area contributed by atoms with Crippen molar-refractivity contribution in [2.75, 3.05) is 0 Å². The van der Waals surface area contributed by atoms with Gasteiger partial charge < -0.3 is 4.57 Å².